The number of hydrogen-bond donors (Lipinski definition) is 0. The molecule has 1 aliphatic rings. The van der Waals surface area contributed by atoms with Crippen molar-refractivity contribution in [2.45, 2.75) is 25.8 Å². The van der Waals surface area contributed by atoms with Gasteiger partial charge in [0.15, 0.2) is 5.65 Å². The van der Waals surface area contributed by atoms with Crippen LogP contribution in [-0.2, 0) is 11.3 Å². The van der Waals surface area contributed by atoms with Crippen molar-refractivity contribution >= 4 is 16.9 Å². The predicted octanol–water partition coefficient (Wildman–Crippen LogP) is 1.73. The summed E-state index contributed by atoms with van der Waals surface area (Å²) in [6.07, 6.45) is 5.25. The maximum Gasteiger partial charge on any atom is 0.264 e. The van der Waals surface area contributed by atoms with E-state index in [1.807, 2.05) is 4.90 Å². The lowest BCUT2D eigenvalue weighted by molar-refractivity contribution is -0.130. The molecule has 2 aromatic heterocycles. The van der Waals surface area contributed by atoms with Gasteiger partial charge < -0.3 is 4.90 Å². The molecule has 0 atom stereocenters. The van der Waals surface area contributed by atoms with Gasteiger partial charge in [-0.25, -0.2) is 14.1 Å². The Bertz CT molecular complexity index is 1000. The number of rotatable bonds is 4. The molecule has 134 valence electrons. The molecular weight excluding hydrogens is 337 g/mol. The lowest BCUT2D eigenvalue weighted by Gasteiger charge is -2.15. The van der Waals surface area contributed by atoms with Gasteiger partial charge in [-0.2, -0.15) is 5.10 Å². The first-order valence-corrected chi connectivity index (χ1v) is 8.60. The Morgan fingerprint density at radius 2 is 1.88 bits per heavy atom. The van der Waals surface area contributed by atoms with Crippen LogP contribution in [0.2, 0.25) is 0 Å². The number of amides is 1. The fourth-order valence-corrected chi connectivity index (χ4v) is 3.22. The minimum absolute atomic E-state index is 0.0662. The Balaban J connectivity index is 1.58. The second-order valence-electron chi connectivity index (χ2n) is 6.35. The van der Waals surface area contributed by atoms with Crippen LogP contribution in [0.4, 0.5) is 4.39 Å². The minimum atomic E-state index is -0.344. The van der Waals surface area contributed by atoms with Gasteiger partial charge in [0, 0.05) is 26.1 Å². The van der Waals surface area contributed by atoms with Gasteiger partial charge >= 0.3 is 0 Å². The van der Waals surface area contributed by atoms with E-state index in [9.17, 15) is 14.0 Å². The third kappa shape index (κ3) is 2.98. The monoisotopic (exact) mass is 355 g/mol. The van der Waals surface area contributed by atoms with Crippen molar-refractivity contribution in [1.82, 2.24) is 24.2 Å². The molecule has 0 bridgehead atoms. The number of benzene rings is 1. The van der Waals surface area contributed by atoms with Crippen molar-refractivity contribution in [3.63, 3.8) is 0 Å². The van der Waals surface area contributed by atoms with E-state index in [4.69, 9.17) is 0 Å². The van der Waals surface area contributed by atoms with E-state index in [0.29, 0.717) is 23.3 Å². The molecule has 4 rings (SSSR count). The van der Waals surface area contributed by atoms with E-state index in [1.165, 1.54) is 33.9 Å². The molecule has 7 nitrogen and oxygen atoms in total. The topological polar surface area (TPSA) is 73.0 Å². The third-order valence-electron chi connectivity index (χ3n) is 4.65. The van der Waals surface area contributed by atoms with Crippen molar-refractivity contribution in [1.29, 1.82) is 0 Å². The molecule has 0 aliphatic carbocycles. The van der Waals surface area contributed by atoms with Crippen LogP contribution < -0.4 is 5.56 Å². The van der Waals surface area contributed by atoms with Gasteiger partial charge in [0.1, 0.15) is 11.2 Å². The number of carbonyl (C=O) groups is 1. The number of aryl methyl sites for hydroxylation is 1. The van der Waals surface area contributed by atoms with Crippen molar-refractivity contribution in [2.75, 3.05) is 13.1 Å². The number of hydrogen-bond acceptors (Lipinski definition) is 4. The molecule has 1 aliphatic heterocycles. The summed E-state index contributed by atoms with van der Waals surface area (Å²) in [7, 11) is 0. The fourth-order valence-electron chi connectivity index (χ4n) is 3.22. The highest BCUT2D eigenvalue weighted by molar-refractivity contribution is 5.77. The van der Waals surface area contributed by atoms with E-state index in [0.717, 1.165) is 25.9 Å². The molecule has 1 aromatic carbocycles. The highest BCUT2D eigenvalue weighted by Gasteiger charge is 2.18. The molecule has 8 heteroatoms. The van der Waals surface area contributed by atoms with Crippen molar-refractivity contribution < 1.29 is 9.18 Å². The van der Waals surface area contributed by atoms with Crippen molar-refractivity contribution in [3.05, 3.63) is 53.0 Å². The molecule has 0 spiro atoms. The van der Waals surface area contributed by atoms with Crippen LogP contribution in [0.25, 0.3) is 16.7 Å². The summed E-state index contributed by atoms with van der Waals surface area (Å²) in [5, 5.41) is 4.56. The summed E-state index contributed by atoms with van der Waals surface area (Å²) in [4.78, 5) is 31.0. The molecule has 0 N–H and O–H groups in total. The quantitative estimate of drug-likeness (QED) is 0.714. The van der Waals surface area contributed by atoms with Gasteiger partial charge in [0.25, 0.3) is 5.56 Å². The number of fused-ring (bicyclic) bond motifs is 1. The van der Waals surface area contributed by atoms with Crippen LogP contribution >= 0.6 is 0 Å². The maximum absolute atomic E-state index is 13.1. The van der Waals surface area contributed by atoms with Crippen LogP contribution in [0, 0.1) is 5.82 Å². The SMILES string of the molecule is O=C(CCn1cnc2c(cnn2-c2ccc(F)cc2)c1=O)N1CCCC1. The molecule has 3 heterocycles. The van der Waals surface area contributed by atoms with Gasteiger partial charge in [-0.3, -0.25) is 14.2 Å². The summed E-state index contributed by atoms with van der Waals surface area (Å²) in [6, 6.07) is 5.80. The smallest absolute Gasteiger partial charge is 0.264 e. The molecule has 26 heavy (non-hydrogen) atoms. The largest absolute Gasteiger partial charge is 0.343 e. The molecular formula is C18H18FN5O2. The predicted molar refractivity (Wildman–Crippen MR) is 93.5 cm³/mol. The first-order chi connectivity index (χ1) is 12.6. The zero-order valence-electron chi connectivity index (χ0n) is 14.1. The lowest BCUT2D eigenvalue weighted by atomic mass is 10.3. The highest BCUT2D eigenvalue weighted by atomic mass is 19.1. The van der Waals surface area contributed by atoms with Crippen LogP contribution in [0.3, 0.4) is 0 Å². The first kappa shape index (κ1) is 16.4. The minimum Gasteiger partial charge on any atom is -0.343 e. The normalized spacial score (nSPS) is 14.3. The van der Waals surface area contributed by atoms with Crippen LogP contribution in [0.1, 0.15) is 19.3 Å². The van der Waals surface area contributed by atoms with Crippen molar-refractivity contribution in [2.24, 2.45) is 0 Å². The summed E-state index contributed by atoms with van der Waals surface area (Å²) in [5.74, 6) is -0.278. The van der Waals surface area contributed by atoms with Gasteiger partial charge in [0.05, 0.1) is 18.2 Å². The average Bonchev–Trinajstić information content (AvgIpc) is 3.32. The van der Waals surface area contributed by atoms with E-state index < -0.39 is 0 Å². The lowest BCUT2D eigenvalue weighted by Crippen LogP contribution is -2.30. The molecule has 1 amide bonds. The number of carbonyl (C=O) groups excluding carboxylic acids is 1. The summed E-state index contributed by atoms with van der Waals surface area (Å²) in [5.41, 5.74) is 0.788. The standard InChI is InChI=1S/C18H18FN5O2/c19-13-3-5-14(6-4-13)24-17-15(11-21-24)18(26)23(12-20-17)10-7-16(25)22-8-1-2-9-22/h3-6,11-12H,1-2,7-10H2. The molecule has 0 saturated carbocycles. The molecule has 1 fully saturated rings. The summed E-state index contributed by atoms with van der Waals surface area (Å²) < 4.78 is 16.0. The fraction of sp³-hybridized carbons (Fsp3) is 0.333. The number of nitrogens with zero attached hydrogens (tertiary/aromatic N) is 5. The van der Waals surface area contributed by atoms with Gasteiger partial charge in [0.2, 0.25) is 5.91 Å². The second kappa shape index (κ2) is 6.70. The number of likely N-dealkylation sites (tertiary alicyclic amines) is 1. The molecule has 3 aromatic rings. The molecule has 0 unspecified atom stereocenters. The number of aromatic nitrogens is 4. The van der Waals surface area contributed by atoms with Crippen molar-refractivity contribution in [3.8, 4) is 5.69 Å². The Morgan fingerprint density at radius 3 is 2.62 bits per heavy atom. The Morgan fingerprint density at radius 1 is 1.15 bits per heavy atom. The second-order valence-corrected chi connectivity index (χ2v) is 6.35. The number of halogens is 1. The van der Waals surface area contributed by atoms with E-state index in [-0.39, 0.29) is 23.7 Å². The average molecular weight is 355 g/mol. The summed E-state index contributed by atoms with van der Waals surface area (Å²) >= 11 is 0. The maximum atomic E-state index is 13.1. The molecule has 0 radical (unpaired) electrons. The van der Waals surface area contributed by atoms with Gasteiger partial charge in [-0.05, 0) is 37.1 Å². The summed E-state index contributed by atoms with van der Waals surface area (Å²) in [6.45, 7) is 1.89. The zero-order valence-corrected chi connectivity index (χ0v) is 14.1. The third-order valence-corrected chi connectivity index (χ3v) is 4.65. The van der Waals surface area contributed by atoms with E-state index in [2.05, 4.69) is 10.1 Å². The van der Waals surface area contributed by atoms with Crippen LogP contribution in [0.5, 0.6) is 0 Å². The van der Waals surface area contributed by atoms with Crippen LogP contribution in [0.15, 0.2) is 41.6 Å². The zero-order chi connectivity index (χ0) is 18.1. The van der Waals surface area contributed by atoms with Gasteiger partial charge in [-0.15, -0.1) is 0 Å². The van der Waals surface area contributed by atoms with Gasteiger partial charge in [-0.1, -0.05) is 0 Å². The molecule has 1 saturated heterocycles. The first-order valence-electron chi connectivity index (χ1n) is 8.60. The Hall–Kier alpha value is -3.03. The van der Waals surface area contributed by atoms with Crippen LogP contribution in [-0.4, -0.2) is 43.2 Å². The Labute approximate surface area is 148 Å². The van der Waals surface area contributed by atoms with E-state index >= 15 is 0 Å². The van der Waals surface area contributed by atoms with E-state index in [1.54, 1.807) is 12.1 Å². The highest BCUT2D eigenvalue weighted by Crippen LogP contribution is 2.14. The Kier molecular flexibility index (Phi) is 4.24.